The zero-order valence-electron chi connectivity index (χ0n) is 19.3. The fourth-order valence-corrected chi connectivity index (χ4v) is 6.07. The van der Waals surface area contributed by atoms with Crippen LogP contribution in [0, 0.1) is 0 Å². The summed E-state index contributed by atoms with van der Waals surface area (Å²) in [7, 11) is 0. The van der Waals surface area contributed by atoms with Gasteiger partial charge in [-0.3, -0.25) is 9.59 Å². The van der Waals surface area contributed by atoms with Crippen molar-refractivity contribution in [3.8, 4) is 0 Å². The molecule has 4 aromatic rings. The molecule has 6 heteroatoms. The maximum absolute atomic E-state index is 13.8. The first-order valence-electron chi connectivity index (χ1n) is 12.1. The SMILES string of the molecule is O=C1[C@@H]2Cc3c([nH]c4ccccc34)[C@@H](c3cccc(Br)c3)N2C(=O)CN1CCCc1ccccc1. The topological polar surface area (TPSA) is 56.4 Å². The van der Waals surface area contributed by atoms with Gasteiger partial charge in [0.2, 0.25) is 11.8 Å². The number of H-pyrrole nitrogens is 1. The Morgan fingerprint density at radius 2 is 1.74 bits per heavy atom. The Bertz CT molecular complexity index is 1410. The number of halogens is 1. The molecular weight excluding hydrogens is 502 g/mol. The van der Waals surface area contributed by atoms with Crippen LogP contribution in [0.3, 0.4) is 0 Å². The average molecular weight is 528 g/mol. The number of aromatic amines is 1. The van der Waals surface area contributed by atoms with Crippen LogP contribution in [0.4, 0.5) is 0 Å². The van der Waals surface area contributed by atoms with E-state index in [9.17, 15) is 9.59 Å². The van der Waals surface area contributed by atoms with Crippen molar-refractivity contribution in [3.05, 3.63) is 106 Å². The van der Waals surface area contributed by atoms with Gasteiger partial charge in [-0.15, -0.1) is 0 Å². The van der Waals surface area contributed by atoms with Gasteiger partial charge in [0.05, 0.1) is 12.6 Å². The first-order chi connectivity index (χ1) is 17.1. The predicted octanol–water partition coefficient (Wildman–Crippen LogP) is 5.25. The zero-order valence-corrected chi connectivity index (χ0v) is 20.9. The fraction of sp³-hybridized carbons (Fsp3) is 0.241. The van der Waals surface area contributed by atoms with Crippen molar-refractivity contribution in [2.45, 2.75) is 31.3 Å². The van der Waals surface area contributed by atoms with Gasteiger partial charge >= 0.3 is 0 Å². The monoisotopic (exact) mass is 527 g/mol. The molecule has 3 aromatic carbocycles. The van der Waals surface area contributed by atoms with Gasteiger partial charge in [0.25, 0.3) is 0 Å². The molecular formula is C29H26BrN3O2. The van der Waals surface area contributed by atoms with Crippen molar-refractivity contribution in [2.24, 2.45) is 0 Å². The molecule has 5 nitrogen and oxygen atoms in total. The van der Waals surface area contributed by atoms with Gasteiger partial charge in [-0.2, -0.15) is 0 Å². The van der Waals surface area contributed by atoms with Crippen molar-refractivity contribution in [1.29, 1.82) is 0 Å². The molecule has 0 aliphatic carbocycles. The van der Waals surface area contributed by atoms with Gasteiger partial charge in [0.1, 0.15) is 6.04 Å². The van der Waals surface area contributed by atoms with E-state index < -0.39 is 6.04 Å². The third-order valence-electron chi connectivity index (χ3n) is 7.24. The molecule has 0 bridgehead atoms. The number of nitrogens with zero attached hydrogens (tertiary/aromatic N) is 2. The molecule has 2 atom stereocenters. The van der Waals surface area contributed by atoms with Gasteiger partial charge in [-0.25, -0.2) is 0 Å². The highest BCUT2D eigenvalue weighted by atomic mass is 79.9. The summed E-state index contributed by atoms with van der Waals surface area (Å²) in [5.74, 6) is 0.0529. The number of rotatable bonds is 5. The molecule has 1 fully saturated rings. The molecule has 2 amide bonds. The van der Waals surface area contributed by atoms with Crippen molar-refractivity contribution in [3.63, 3.8) is 0 Å². The minimum Gasteiger partial charge on any atom is -0.356 e. The summed E-state index contributed by atoms with van der Waals surface area (Å²) in [6, 6.07) is 25.7. The van der Waals surface area contributed by atoms with Gasteiger partial charge in [-0.1, -0.05) is 76.6 Å². The molecule has 0 saturated carbocycles. The van der Waals surface area contributed by atoms with E-state index in [1.165, 1.54) is 5.56 Å². The molecule has 0 spiro atoms. The molecule has 1 aromatic heterocycles. The van der Waals surface area contributed by atoms with Crippen LogP contribution >= 0.6 is 15.9 Å². The van der Waals surface area contributed by atoms with Crippen molar-refractivity contribution >= 4 is 38.6 Å². The number of nitrogens with one attached hydrogen (secondary N) is 1. The second kappa shape index (κ2) is 9.00. The summed E-state index contributed by atoms with van der Waals surface area (Å²) in [4.78, 5) is 34.6. The van der Waals surface area contributed by atoms with E-state index in [-0.39, 0.29) is 24.4 Å². The highest BCUT2D eigenvalue weighted by molar-refractivity contribution is 9.10. The molecule has 6 rings (SSSR count). The Hall–Kier alpha value is -3.38. The molecule has 0 radical (unpaired) electrons. The first-order valence-corrected chi connectivity index (χ1v) is 12.9. The predicted molar refractivity (Wildman–Crippen MR) is 140 cm³/mol. The highest BCUT2D eigenvalue weighted by Crippen LogP contribution is 2.42. The minimum absolute atomic E-state index is 0.00333. The molecule has 3 heterocycles. The van der Waals surface area contributed by atoms with Gasteiger partial charge < -0.3 is 14.8 Å². The largest absolute Gasteiger partial charge is 0.356 e. The van der Waals surface area contributed by atoms with E-state index in [1.54, 1.807) is 4.90 Å². The van der Waals surface area contributed by atoms with Gasteiger partial charge in [-0.05, 0) is 47.7 Å². The molecule has 0 unspecified atom stereocenters. The van der Waals surface area contributed by atoms with Crippen LogP contribution in [0.25, 0.3) is 10.9 Å². The van der Waals surface area contributed by atoms with Crippen molar-refractivity contribution in [2.75, 3.05) is 13.1 Å². The highest BCUT2D eigenvalue weighted by Gasteiger charge is 2.48. The summed E-state index contributed by atoms with van der Waals surface area (Å²) in [5, 5.41) is 1.13. The zero-order chi connectivity index (χ0) is 23.9. The van der Waals surface area contributed by atoms with E-state index in [4.69, 9.17) is 0 Å². The normalized spacial score (nSPS) is 19.7. The standard InChI is InChI=1S/C29H26BrN3O2/c30-21-12-6-11-20(16-21)28-27-23(22-13-4-5-14-24(22)31-27)17-25-29(35)32(18-26(34)33(25)28)15-7-10-19-8-2-1-3-9-19/h1-6,8-9,11-14,16,25,28,31H,7,10,15,17-18H2/t25-,28+/m0/s1. The van der Waals surface area contributed by atoms with Gasteiger partial charge in [0.15, 0.2) is 0 Å². The number of hydrogen-bond acceptors (Lipinski definition) is 2. The Morgan fingerprint density at radius 3 is 2.57 bits per heavy atom. The maximum Gasteiger partial charge on any atom is 0.246 e. The lowest BCUT2D eigenvalue weighted by Crippen LogP contribution is -2.63. The fourth-order valence-electron chi connectivity index (χ4n) is 5.65. The average Bonchev–Trinajstić information content (AvgIpc) is 3.25. The number of piperazine rings is 1. The van der Waals surface area contributed by atoms with E-state index in [2.05, 4.69) is 45.2 Å². The van der Waals surface area contributed by atoms with Crippen LogP contribution in [0.2, 0.25) is 0 Å². The molecule has 1 N–H and O–H groups in total. The third-order valence-corrected chi connectivity index (χ3v) is 7.74. The smallest absolute Gasteiger partial charge is 0.246 e. The third kappa shape index (κ3) is 3.96. The van der Waals surface area contributed by atoms with Crippen LogP contribution < -0.4 is 0 Å². The molecule has 1 saturated heterocycles. The van der Waals surface area contributed by atoms with E-state index in [0.29, 0.717) is 13.0 Å². The number of carbonyl (C=O) groups excluding carboxylic acids is 2. The maximum atomic E-state index is 13.8. The van der Waals surface area contributed by atoms with E-state index in [0.717, 1.165) is 45.0 Å². The number of aromatic nitrogens is 1. The van der Waals surface area contributed by atoms with E-state index >= 15 is 0 Å². The van der Waals surface area contributed by atoms with Crippen LogP contribution in [0.1, 0.15) is 34.8 Å². The number of hydrogen-bond donors (Lipinski definition) is 1. The van der Waals surface area contributed by atoms with Crippen LogP contribution in [0.15, 0.2) is 83.3 Å². The summed E-state index contributed by atoms with van der Waals surface area (Å²) in [6.45, 7) is 0.719. The number of benzene rings is 3. The quantitative estimate of drug-likeness (QED) is 0.385. The summed E-state index contributed by atoms with van der Waals surface area (Å²) in [6.07, 6.45) is 2.26. The Kier molecular flexibility index (Phi) is 5.69. The lowest BCUT2D eigenvalue weighted by molar-refractivity contribution is -0.158. The summed E-state index contributed by atoms with van der Waals surface area (Å²) >= 11 is 3.59. The molecule has 176 valence electrons. The van der Waals surface area contributed by atoms with Crippen molar-refractivity contribution in [1.82, 2.24) is 14.8 Å². The lowest BCUT2D eigenvalue weighted by atomic mass is 9.86. The minimum atomic E-state index is -0.497. The number of aryl methyl sites for hydroxylation is 1. The van der Waals surface area contributed by atoms with Gasteiger partial charge in [0, 0.05) is 34.0 Å². The number of amides is 2. The van der Waals surface area contributed by atoms with Crippen LogP contribution in [-0.2, 0) is 22.4 Å². The Morgan fingerprint density at radius 1 is 0.943 bits per heavy atom. The lowest BCUT2D eigenvalue weighted by Gasteiger charge is -2.47. The van der Waals surface area contributed by atoms with Crippen molar-refractivity contribution < 1.29 is 9.59 Å². The molecule has 2 aliphatic heterocycles. The first kappa shape index (κ1) is 22.1. The second-order valence-corrected chi connectivity index (χ2v) is 10.3. The number of carbonyl (C=O) groups is 2. The number of para-hydroxylation sites is 1. The Labute approximate surface area is 212 Å². The summed E-state index contributed by atoms with van der Waals surface area (Å²) < 4.78 is 0.952. The summed E-state index contributed by atoms with van der Waals surface area (Å²) in [5.41, 5.74) is 5.44. The number of fused-ring (bicyclic) bond motifs is 4. The Balaban J connectivity index is 1.35. The van der Waals surface area contributed by atoms with Crippen LogP contribution in [-0.4, -0.2) is 45.7 Å². The van der Waals surface area contributed by atoms with E-state index in [1.807, 2.05) is 59.5 Å². The molecule has 2 aliphatic rings. The van der Waals surface area contributed by atoms with Crippen LogP contribution in [0.5, 0.6) is 0 Å². The second-order valence-electron chi connectivity index (χ2n) is 9.39. The molecule has 35 heavy (non-hydrogen) atoms.